The Labute approximate surface area is 132 Å². The van der Waals surface area contributed by atoms with E-state index in [0.717, 1.165) is 10.0 Å². The topological polar surface area (TPSA) is 81.4 Å². The van der Waals surface area contributed by atoms with Crippen molar-refractivity contribution < 1.29 is 13.2 Å². The first-order chi connectivity index (χ1) is 9.92. The summed E-state index contributed by atoms with van der Waals surface area (Å²) >= 11 is 3.33. The Kier molecular flexibility index (Phi) is 4.87. The highest BCUT2D eigenvalue weighted by Crippen LogP contribution is 2.24. The monoisotopic (exact) mass is 370 g/mol. The summed E-state index contributed by atoms with van der Waals surface area (Å²) in [6, 6.07) is 11.8. The number of ether oxygens (including phenoxy) is 1. The number of nitrogen functional groups attached to an aromatic ring is 1. The minimum Gasteiger partial charge on any atom is -0.495 e. The molecule has 112 valence electrons. The van der Waals surface area contributed by atoms with Gasteiger partial charge in [0.15, 0.2) is 0 Å². The van der Waals surface area contributed by atoms with Crippen LogP contribution in [0, 0.1) is 0 Å². The van der Waals surface area contributed by atoms with Crippen molar-refractivity contribution in [3.05, 3.63) is 52.5 Å². The van der Waals surface area contributed by atoms with E-state index >= 15 is 0 Å². The molecule has 0 atom stereocenters. The van der Waals surface area contributed by atoms with Crippen LogP contribution in [-0.4, -0.2) is 15.5 Å². The van der Waals surface area contributed by atoms with Crippen LogP contribution < -0.4 is 15.2 Å². The van der Waals surface area contributed by atoms with Crippen LogP contribution in [0.2, 0.25) is 0 Å². The van der Waals surface area contributed by atoms with Gasteiger partial charge in [-0.15, -0.1) is 0 Å². The summed E-state index contributed by atoms with van der Waals surface area (Å²) in [6.45, 7) is 0.211. The highest BCUT2D eigenvalue weighted by atomic mass is 79.9. The summed E-state index contributed by atoms with van der Waals surface area (Å²) in [4.78, 5) is 0.116. The Morgan fingerprint density at radius 3 is 2.48 bits per heavy atom. The summed E-state index contributed by atoms with van der Waals surface area (Å²) in [6.07, 6.45) is 0. The molecule has 0 heterocycles. The van der Waals surface area contributed by atoms with Crippen molar-refractivity contribution in [3.63, 3.8) is 0 Å². The van der Waals surface area contributed by atoms with Crippen LogP contribution in [0.25, 0.3) is 0 Å². The van der Waals surface area contributed by atoms with Gasteiger partial charge in [-0.1, -0.05) is 28.1 Å². The summed E-state index contributed by atoms with van der Waals surface area (Å²) < 4.78 is 33.0. The fraction of sp³-hybridized carbons (Fsp3) is 0.143. The molecule has 0 aliphatic rings. The minimum absolute atomic E-state index is 0.116. The second-order valence-corrected chi connectivity index (χ2v) is 7.04. The Hall–Kier alpha value is -1.57. The van der Waals surface area contributed by atoms with Gasteiger partial charge < -0.3 is 10.5 Å². The average molecular weight is 371 g/mol. The van der Waals surface area contributed by atoms with Gasteiger partial charge in [-0.3, -0.25) is 0 Å². The predicted octanol–water partition coefficient (Wildman–Crippen LogP) is 2.52. The molecule has 0 spiro atoms. The quantitative estimate of drug-likeness (QED) is 0.792. The van der Waals surface area contributed by atoms with E-state index in [2.05, 4.69) is 20.7 Å². The molecular formula is C14H15BrN2O3S. The highest BCUT2D eigenvalue weighted by molar-refractivity contribution is 9.10. The molecule has 21 heavy (non-hydrogen) atoms. The molecular weight excluding hydrogens is 356 g/mol. The van der Waals surface area contributed by atoms with E-state index in [9.17, 15) is 8.42 Å². The smallest absolute Gasteiger partial charge is 0.241 e. The van der Waals surface area contributed by atoms with Crippen molar-refractivity contribution in [2.75, 3.05) is 12.8 Å². The van der Waals surface area contributed by atoms with E-state index in [4.69, 9.17) is 10.5 Å². The number of halogens is 1. The van der Waals surface area contributed by atoms with Crippen LogP contribution in [0.15, 0.2) is 51.8 Å². The number of sulfonamides is 1. The molecule has 0 aromatic heterocycles. The lowest BCUT2D eigenvalue weighted by Gasteiger charge is -2.10. The van der Waals surface area contributed by atoms with Crippen molar-refractivity contribution >= 4 is 31.6 Å². The van der Waals surface area contributed by atoms with Gasteiger partial charge in [-0.05, 0) is 29.8 Å². The molecule has 2 aromatic carbocycles. The molecule has 2 rings (SSSR count). The zero-order valence-electron chi connectivity index (χ0n) is 11.3. The molecule has 0 amide bonds. The van der Waals surface area contributed by atoms with Crippen LogP contribution in [0.3, 0.4) is 0 Å². The third-order valence-electron chi connectivity index (χ3n) is 2.89. The number of benzene rings is 2. The number of anilines is 1. The van der Waals surface area contributed by atoms with Crippen LogP contribution in [0.1, 0.15) is 5.56 Å². The van der Waals surface area contributed by atoms with E-state index in [1.54, 1.807) is 0 Å². The van der Waals surface area contributed by atoms with Gasteiger partial charge in [0.05, 0.1) is 17.7 Å². The van der Waals surface area contributed by atoms with Crippen LogP contribution in [0.5, 0.6) is 5.75 Å². The Morgan fingerprint density at radius 2 is 1.86 bits per heavy atom. The van der Waals surface area contributed by atoms with Crippen molar-refractivity contribution in [1.82, 2.24) is 4.72 Å². The van der Waals surface area contributed by atoms with E-state index < -0.39 is 10.0 Å². The molecule has 0 aliphatic heterocycles. The average Bonchev–Trinajstić information content (AvgIpc) is 2.47. The van der Waals surface area contributed by atoms with E-state index in [0.29, 0.717) is 11.4 Å². The molecule has 0 fully saturated rings. The van der Waals surface area contributed by atoms with Gasteiger partial charge in [0.2, 0.25) is 10.0 Å². The molecule has 0 bridgehead atoms. The van der Waals surface area contributed by atoms with Crippen LogP contribution in [-0.2, 0) is 16.6 Å². The molecule has 0 saturated carbocycles. The molecule has 0 aliphatic carbocycles. The largest absolute Gasteiger partial charge is 0.495 e. The summed E-state index contributed by atoms with van der Waals surface area (Å²) in [7, 11) is -2.17. The predicted molar refractivity (Wildman–Crippen MR) is 85.6 cm³/mol. The van der Waals surface area contributed by atoms with Crippen LogP contribution in [0.4, 0.5) is 5.69 Å². The zero-order chi connectivity index (χ0) is 15.5. The normalized spacial score (nSPS) is 11.3. The van der Waals surface area contributed by atoms with Crippen molar-refractivity contribution in [2.24, 2.45) is 0 Å². The lowest BCUT2D eigenvalue weighted by molar-refractivity contribution is 0.415. The summed E-state index contributed by atoms with van der Waals surface area (Å²) in [5, 5.41) is 0. The summed E-state index contributed by atoms with van der Waals surface area (Å²) in [5.41, 5.74) is 6.94. The molecule has 2 aromatic rings. The van der Waals surface area contributed by atoms with Gasteiger partial charge in [0, 0.05) is 17.1 Å². The molecule has 0 radical (unpaired) electrons. The maximum atomic E-state index is 12.2. The van der Waals surface area contributed by atoms with Crippen molar-refractivity contribution in [3.8, 4) is 5.75 Å². The number of rotatable bonds is 5. The zero-order valence-corrected chi connectivity index (χ0v) is 13.7. The minimum atomic E-state index is -3.62. The molecule has 0 saturated heterocycles. The first-order valence-corrected chi connectivity index (χ1v) is 8.37. The second-order valence-electron chi connectivity index (χ2n) is 4.35. The first-order valence-electron chi connectivity index (χ1n) is 6.10. The van der Waals surface area contributed by atoms with Gasteiger partial charge in [-0.25, -0.2) is 13.1 Å². The van der Waals surface area contributed by atoms with E-state index in [1.807, 2.05) is 24.3 Å². The van der Waals surface area contributed by atoms with Gasteiger partial charge >= 0.3 is 0 Å². The van der Waals surface area contributed by atoms with Gasteiger partial charge in [0.1, 0.15) is 5.75 Å². The van der Waals surface area contributed by atoms with Crippen LogP contribution >= 0.6 is 15.9 Å². The summed E-state index contributed by atoms with van der Waals surface area (Å²) in [5.74, 6) is 0.335. The number of hydrogen-bond acceptors (Lipinski definition) is 4. The number of nitrogens with one attached hydrogen (secondary N) is 1. The molecule has 7 heteroatoms. The lowest BCUT2D eigenvalue weighted by Crippen LogP contribution is -2.23. The Morgan fingerprint density at radius 1 is 1.19 bits per heavy atom. The Bertz CT molecular complexity index is 730. The maximum Gasteiger partial charge on any atom is 0.241 e. The lowest BCUT2D eigenvalue weighted by atomic mass is 10.2. The maximum absolute atomic E-state index is 12.2. The third-order valence-corrected chi connectivity index (χ3v) is 4.82. The SMILES string of the molecule is COc1cc(S(=O)(=O)NCc2ccc(Br)cc2)ccc1N. The van der Waals surface area contributed by atoms with Gasteiger partial charge in [0.25, 0.3) is 0 Å². The first kappa shape index (κ1) is 15.8. The number of methoxy groups -OCH3 is 1. The molecule has 3 N–H and O–H groups in total. The van der Waals surface area contributed by atoms with E-state index in [1.165, 1.54) is 25.3 Å². The molecule has 0 unspecified atom stereocenters. The number of hydrogen-bond donors (Lipinski definition) is 2. The fourth-order valence-corrected chi connectivity index (χ4v) is 3.02. The van der Waals surface area contributed by atoms with Gasteiger partial charge in [-0.2, -0.15) is 0 Å². The number of nitrogens with two attached hydrogens (primary N) is 1. The third kappa shape index (κ3) is 3.96. The molecule has 5 nitrogen and oxygen atoms in total. The van der Waals surface area contributed by atoms with Crippen molar-refractivity contribution in [1.29, 1.82) is 0 Å². The van der Waals surface area contributed by atoms with E-state index in [-0.39, 0.29) is 11.4 Å². The standard InChI is InChI=1S/C14H15BrN2O3S/c1-20-14-8-12(6-7-13(14)16)21(18,19)17-9-10-2-4-11(15)5-3-10/h2-8,17H,9,16H2,1H3. The fourth-order valence-electron chi connectivity index (χ4n) is 1.72. The highest BCUT2D eigenvalue weighted by Gasteiger charge is 2.15. The van der Waals surface area contributed by atoms with Crippen molar-refractivity contribution in [2.45, 2.75) is 11.4 Å². The Balaban J connectivity index is 2.16. The second kappa shape index (κ2) is 6.46.